The maximum Gasteiger partial charge on any atom is 0.150 e. The van der Waals surface area contributed by atoms with Crippen molar-refractivity contribution in [3.63, 3.8) is 0 Å². The maximum absolute atomic E-state index is 5.64. The molecule has 0 aliphatic heterocycles. The summed E-state index contributed by atoms with van der Waals surface area (Å²) in [5.41, 5.74) is 12.7. The minimum atomic E-state index is 0.362. The summed E-state index contributed by atoms with van der Waals surface area (Å²) in [4.78, 5) is 3.47. The molecule has 4 nitrogen and oxygen atoms in total. The van der Waals surface area contributed by atoms with Crippen LogP contribution in [0.3, 0.4) is 0 Å². The van der Waals surface area contributed by atoms with Gasteiger partial charge in [0.15, 0.2) is 0 Å². The quantitative estimate of drug-likeness (QED) is 0.0579. The zero-order valence-corrected chi connectivity index (χ0v) is 25.7. The van der Waals surface area contributed by atoms with Crippen LogP contribution < -0.4 is 11.6 Å². The molecular weight excluding hydrogens is 536 g/mol. The number of para-hydroxylation sites is 1. The average Bonchev–Trinajstić information content (AvgIpc) is 3.46. The summed E-state index contributed by atoms with van der Waals surface area (Å²) >= 11 is 0. The number of fused-ring (bicyclic) bond motifs is 5. The van der Waals surface area contributed by atoms with E-state index in [1.54, 1.807) is 0 Å². The van der Waals surface area contributed by atoms with E-state index in [0.717, 1.165) is 30.4 Å². The Morgan fingerprint density at radius 3 is 2.30 bits per heavy atom. The van der Waals surface area contributed by atoms with Crippen LogP contribution in [-0.4, -0.2) is 10.8 Å². The van der Waals surface area contributed by atoms with E-state index in [4.69, 9.17) is 11.6 Å². The van der Waals surface area contributed by atoms with Gasteiger partial charge in [-0.05, 0) is 71.8 Å². The van der Waals surface area contributed by atoms with Crippen LogP contribution in [0.15, 0.2) is 145 Å². The third-order valence-electron chi connectivity index (χ3n) is 7.36. The monoisotopic (exact) mass is 578 g/mol. The molecule has 222 valence electrons. The molecular formula is C40H42N4. The molecule has 4 heteroatoms. The summed E-state index contributed by atoms with van der Waals surface area (Å²) in [7, 11) is 0. The van der Waals surface area contributed by atoms with Crippen molar-refractivity contribution in [3.8, 4) is 0 Å². The van der Waals surface area contributed by atoms with Crippen molar-refractivity contribution < 1.29 is 0 Å². The number of hydrazone groups is 1. The number of nitrogens with one attached hydrogen (secondary N) is 1. The molecule has 0 aliphatic carbocycles. The molecule has 0 saturated carbocycles. The second kappa shape index (κ2) is 16.3. The summed E-state index contributed by atoms with van der Waals surface area (Å²) < 4.78 is 0. The Morgan fingerprint density at radius 2 is 1.55 bits per heavy atom. The highest BCUT2D eigenvalue weighted by molar-refractivity contribution is 6.20. The largest absolute Gasteiger partial charge is 0.382 e. The summed E-state index contributed by atoms with van der Waals surface area (Å²) in [5.74, 6) is 5.50. The lowest BCUT2D eigenvalue weighted by Crippen LogP contribution is -2.15. The number of nitrogens with two attached hydrogens (primary N) is 2. The second-order valence-electron chi connectivity index (χ2n) is 10.5. The molecule has 0 fully saturated rings. The van der Waals surface area contributed by atoms with Crippen molar-refractivity contribution in [1.29, 1.82) is 0 Å². The fourth-order valence-electron chi connectivity index (χ4n) is 5.01. The molecule has 6 aromatic rings. The Morgan fingerprint density at radius 1 is 0.818 bits per heavy atom. The number of rotatable bonds is 7. The Bertz CT molecular complexity index is 1890. The number of aromatic amines is 1. The lowest BCUT2D eigenvalue weighted by atomic mass is 10.0. The molecule has 44 heavy (non-hydrogen) atoms. The van der Waals surface area contributed by atoms with Crippen molar-refractivity contribution in [3.05, 3.63) is 162 Å². The SMILES string of the molecule is C=C/C=C\CCc1ccccc1.CC/C=C\c1cc(/C(N)=N/N)ccc1C.c1ccc2c(c1)ccc1[nH]c3ccccc3c12. The van der Waals surface area contributed by atoms with E-state index in [0.29, 0.717) is 5.84 Å². The predicted molar refractivity (Wildman–Crippen MR) is 193 cm³/mol. The van der Waals surface area contributed by atoms with Crippen LogP contribution in [0.5, 0.6) is 0 Å². The molecule has 1 aromatic heterocycles. The van der Waals surface area contributed by atoms with Gasteiger partial charge in [-0.2, -0.15) is 5.10 Å². The number of hydrogen-bond donors (Lipinski definition) is 3. The predicted octanol–water partition coefficient (Wildman–Crippen LogP) is 9.83. The van der Waals surface area contributed by atoms with E-state index in [1.807, 2.05) is 36.4 Å². The number of benzene rings is 5. The number of allylic oxidation sites excluding steroid dienone is 4. The highest BCUT2D eigenvalue weighted by atomic mass is 15.1. The maximum atomic E-state index is 5.64. The highest BCUT2D eigenvalue weighted by Crippen LogP contribution is 2.31. The highest BCUT2D eigenvalue weighted by Gasteiger charge is 2.06. The van der Waals surface area contributed by atoms with Crippen LogP contribution in [0, 0.1) is 6.92 Å². The van der Waals surface area contributed by atoms with Gasteiger partial charge in [-0.15, -0.1) is 0 Å². The molecule has 6 rings (SSSR count). The van der Waals surface area contributed by atoms with Crippen molar-refractivity contribution in [1.82, 2.24) is 4.98 Å². The van der Waals surface area contributed by atoms with Crippen molar-refractivity contribution in [2.24, 2.45) is 16.7 Å². The number of aryl methyl sites for hydroxylation is 2. The van der Waals surface area contributed by atoms with Crippen molar-refractivity contribution >= 4 is 44.5 Å². The van der Waals surface area contributed by atoms with Crippen LogP contribution in [0.25, 0.3) is 38.7 Å². The molecule has 0 spiro atoms. The van der Waals surface area contributed by atoms with Gasteiger partial charge in [0.25, 0.3) is 0 Å². The van der Waals surface area contributed by atoms with Gasteiger partial charge in [-0.25, -0.2) is 0 Å². The third-order valence-corrected chi connectivity index (χ3v) is 7.36. The molecule has 0 bridgehead atoms. The molecule has 5 aromatic carbocycles. The minimum absolute atomic E-state index is 0.362. The number of aromatic nitrogens is 1. The number of H-pyrrole nitrogens is 1. The molecule has 5 N–H and O–H groups in total. The normalized spacial score (nSPS) is 11.5. The Balaban J connectivity index is 0.000000154. The van der Waals surface area contributed by atoms with E-state index < -0.39 is 0 Å². The Kier molecular flexibility index (Phi) is 11.7. The first-order valence-electron chi connectivity index (χ1n) is 15.1. The third kappa shape index (κ3) is 8.36. The molecule has 0 amide bonds. The molecule has 0 radical (unpaired) electrons. The minimum Gasteiger partial charge on any atom is -0.382 e. The van der Waals surface area contributed by atoms with Crippen LogP contribution >= 0.6 is 0 Å². The van der Waals surface area contributed by atoms with Crippen LogP contribution in [0.4, 0.5) is 0 Å². The van der Waals surface area contributed by atoms with Gasteiger partial charge in [-0.1, -0.05) is 135 Å². The first-order chi connectivity index (χ1) is 21.5. The molecule has 1 heterocycles. The summed E-state index contributed by atoms with van der Waals surface area (Å²) in [6, 6.07) is 37.8. The summed E-state index contributed by atoms with van der Waals surface area (Å²) in [5, 5.41) is 8.73. The Labute approximate surface area is 261 Å². The van der Waals surface area contributed by atoms with Crippen LogP contribution in [-0.2, 0) is 6.42 Å². The first-order valence-corrected chi connectivity index (χ1v) is 15.1. The van der Waals surface area contributed by atoms with Gasteiger partial charge in [0.05, 0.1) is 0 Å². The van der Waals surface area contributed by atoms with Gasteiger partial charge in [0, 0.05) is 27.4 Å². The van der Waals surface area contributed by atoms with E-state index in [-0.39, 0.29) is 0 Å². The van der Waals surface area contributed by atoms with Gasteiger partial charge in [-0.3, -0.25) is 0 Å². The zero-order chi connectivity index (χ0) is 31.1. The fraction of sp³-hybridized carbons (Fsp3) is 0.125. The number of nitrogens with zero attached hydrogens (tertiary/aromatic N) is 1. The van der Waals surface area contributed by atoms with E-state index in [1.165, 1.54) is 43.7 Å². The van der Waals surface area contributed by atoms with Crippen LogP contribution in [0.1, 0.15) is 42.0 Å². The van der Waals surface area contributed by atoms with E-state index in [2.05, 4.69) is 134 Å². The molecule has 0 aliphatic rings. The number of hydrogen-bond acceptors (Lipinski definition) is 2. The van der Waals surface area contributed by atoms with Crippen LogP contribution in [0.2, 0.25) is 0 Å². The van der Waals surface area contributed by atoms with E-state index >= 15 is 0 Å². The number of amidine groups is 1. The Hall–Kier alpha value is -5.35. The smallest absolute Gasteiger partial charge is 0.150 e. The standard InChI is InChI=1S/C16H11N.C12H17N3.C12H14/c1-2-6-12-11(5-1)9-10-15-16(12)13-7-3-4-8-14(13)17-15;1-3-4-5-10-8-11(12(13)15-14)7-6-9(10)2;1-2-3-4-6-9-12-10-7-5-8-11-12/h1-10,17H;4-8H,3,14H2,1-2H3,(H2,13,15);2-5,7-8,10-11H,1,6,9H2/b;5-4-;4-3-. The molecule has 0 saturated heterocycles. The van der Waals surface area contributed by atoms with Crippen molar-refractivity contribution in [2.45, 2.75) is 33.1 Å². The fourth-order valence-corrected chi connectivity index (χ4v) is 5.01. The van der Waals surface area contributed by atoms with Gasteiger partial charge < -0.3 is 16.6 Å². The zero-order valence-electron chi connectivity index (χ0n) is 25.7. The molecule has 0 unspecified atom stereocenters. The first kappa shape index (κ1) is 31.6. The topological polar surface area (TPSA) is 80.2 Å². The van der Waals surface area contributed by atoms with Gasteiger partial charge >= 0.3 is 0 Å². The molecule has 0 atom stereocenters. The average molecular weight is 579 g/mol. The van der Waals surface area contributed by atoms with Crippen molar-refractivity contribution in [2.75, 3.05) is 0 Å². The van der Waals surface area contributed by atoms with Gasteiger partial charge in [0.1, 0.15) is 5.84 Å². The second-order valence-corrected chi connectivity index (χ2v) is 10.5. The van der Waals surface area contributed by atoms with Gasteiger partial charge in [0.2, 0.25) is 0 Å². The lowest BCUT2D eigenvalue weighted by molar-refractivity contribution is 1.00. The lowest BCUT2D eigenvalue weighted by Gasteiger charge is -2.04. The summed E-state index contributed by atoms with van der Waals surface area (Å²) in [6.45, 7) is 7.79. The summed E-state index contributed by atoms with van der Waals surface area (Å²) in [6.07, 6.45) is 13.4. The van der Waals surface area contributed by atoms with E-state index in [9.17, 15) is 0 Å².